The number of aromatic nitrogens is 4. The van der Waals surface area contributed by atoms with Gasteiger partial charge in [0, 0.05) is 38.7 Å². The van der Waals surface area contributed by atoms with E-state index >= 15 is 0 Å². The van der Waals surface area contributed by atoms with Crippen molar-refractivity contribution in [1.82, 2.24) is 24.6 Å². The average molecular weight is 373 g/mol. The van der Waals surface area contributed by atoms with Crippen molar-refractivity contribution in [2.75, 3.05) is 7.05 Å². The van der Waals surface area contributed by atoms with Crippen molar-refractivity contribution in [3.63, 3.8) is 0 Å². The molecular formula is C16H22F3N5O2. The summed E-state index contributed by atoms with van der Waals surface area (Å²) < 4.78 is 43.7. The second-order valence-corrected chi connectivity index (χ2v) is 6.04. The van der Waals surface area contributed by atoms with Gasteiger partial charge in [-0.2, -0.15) is 18.2 Å². The summed E-state index contributed by atoms with van der Waals surface area (Å²) in [4.78, 5) is 21.7. The Bertz CT molecular complexity index is 711. The minimum Gasteiger partial charge on any atom is -0.339 e. The van der Waals surface area contributed by atoms with Crippen LogP contribution in [0.2, 0.25) is 0 Å². The van der Waals surface area contributed by atoms with E-state index in [9.17, 15) is 18.0 Å². The van der Waals surface area contributed by atoms with Crippen molar-refractivity contribution in [3.8, 4) is 0 Å². The summed E-state index contributed by atoms with van der Waals surface area (Å²) in [6, 6.07) is 0. The van der Waals surface area contributed by atoms with Gasteiger partial charge in [0.05, 0.1) is 6.54 Å². The van der Waals surface area contributed by atoms with E-state index < -0.39 is 12.7 Å². The molecule has 0 N–H and O–H groups in total. The topological polar surface area (TPSA) is 77.0 Å². The first-order valence-corrected chi connectivity index (χ1v) is 8.40. The lowest BCUT2D eigenvalue weighted by atomic mass is 10.2. The standard InChI is InChI=1S/C16H22F3N5O2/c1-3-5-12-21-14(26-22-12)6-4-7-15(25)23(2)10-13-20-8-9-24(13)11-16(17,18)19/h8-9H,3-7,10-11H2,1-2H3. The molecule has 26 heavy (non-hydrogen) atoms. The van der Waals surface area contributed by atoms with E-state index in [1.165, 1.54) is 17.3 Å². The Balaban J connectivity index is 1.79. The molecule has 0 spiro atoms. The minimum absolute atomic E-state index is 0.0170. The van der Waals surface area contributed by atoms with Gasteiger partial charge in [0.2, 0.25) is 11.8 Å². The number of imidazole rings is 1. The monoisotopic (exact) mass is 373 g/mol. The third-order valence-corrected chi connectivity index (χ3v) is 3.72. The van der Waals surface area contributed by atoms with Crippen molar-refractivity contribution in [2.45, 2.75) is 58.3 Å². The number of alkyl halides is 3. The van der Waals surface area contributed by atoms with Gasteiger partial charge >= 0.3 is 6.18 Å². The lowest BCUT2D eigenvalue weighted by Crippen LogP contribution is -2.28. The molecule has 0 saturated carbocycles. The fraction of sp³-hybridized carbons (Fsp3) is 0.625. The summed E-state index contributed by atoms with van der Waals surface area (Å²) in [5, 5.41) is 3.84. The van der Waals surface area contributed by atoms with Crippen LogP contribution in [-0.2, 0) is 30.7 Å². The highest BCUT2D eigenvalue weighted by atomic mass is 19.4. The van der Waals surface area contributed by atoms with E-state index in [-0.39, 0.29) is 24.7 Å². The molecule has 0 saturated heterocycles. The molecule has 2 aromatic heterocycles. The van der Waals surface area contributed by atoms with Crippen molar-refractivity contribution in [1.29, 1.82) is 0 Å². The number of hydrogen-bond donors (Lipinski definition) is 0. The first-order chi connectivity index (χ1) is 12.3. The Morgan fingerprint density at radius 2 is 2.12 bits per heavy atom. The van der Waals surface area contributed by atoms with Crippen LogP contribution in [0, 0.1) is 0 Å². The van der Waals surface area contributed by atoms with Gasteiger partial charge < -0.3 is 14.0 Å². The number of carbonyl (C=O) groups excluding carboxylic acids is 1. The zero-order chi connectivity index (χ0) is 19.2. The lowest BCUT2D eigenvalue weighted by Gasteiger charge is -2.18. The molecule has 2 heterocycles. The highest BCUT2D eigenvalue weighted by molar-refractivity contribution is 5.75. The maximum absolute atomic E-state index is 12.5. The van der Waals surface area contributed by atoms with Crippen LogP contribution in [0.15, 0.2) is 16.9 Å². The average Bonchev–Trinajstić information content (AvgIpc) is 3.16. The van der Waals surface area contributed by atoms with E-state index in [4.69, 9.17) is 4.52 Å². The molecule has 2 rings (SSSR count). The van der Waals surface area contributed by atoms with Crippen LogP contribution < -0.4 is 0 Å². The van der Waals surface area contributed by atoms with E-state index in [0.29, 0.717) is 24.6 Å². The minimum atomic E-state index is -4.33. The number of halogens is 3. The van der Waals surface area contributed by atoms with Crippen LogP contribution in [0.3, 0.4) is 0 Å². The molecule has 0 unspecified atom stereocenters. The van der Waals surface area contributed by atoms with E-state index in [1.807, 2.05) is 6.92 Å². The second-order valence-electron chi connectivity index (χ2n) is 6.04. The summed E-state index contributed by atoms with van der Waals surface area (Å²) >= 11 is 0. The van der Waals surface area contributed by atoms with Crippen LogP contribution in [-0.4, -0.2) is 43.7 Å². The second kappa shape index (κ2) is 8.81. The van der Waals surface area contributed by atoms with Crippen molar-refractivity contribution in [2.24, 2.45) is 0 Å². The summed E-state index contributed by atoms with van der Waals surface area (Å²) in [5.41, 5.74) is 0. The maximum atomic E-state index is 12.5. The largest absolute Gasteiger partial charge is 0.406 e. The number of hydrogen-bond acceptors (Lipinski definition) is 5. The fourth-order valence-corrected chi connectivity index (χ4v) is 2.43. The molecular weight excluding hydrogens is 351 g/mol. The quantitative estimate of drug-likeness (QED) is 0.675. The van der Waals surface area contributed by atoms with Crippen molar-refractivity contribution in [3.05, 3.63) is 29.9 Å². The molecule has 10 heteroatoms. The van der Waals surface area contributed by atoms with Gasteiger partial charge in [-0.15, -0.1) is 0 Å². The van der Waals surface area contributed by atoms with E-state index in [2.05, 4.69) is 15.1 Å². The molecule has 0 atom stereocenters. The van der Waals surface area contributed by atoms with Crippen molar-refractivity contribution >= 4 is 5.91 Å². The predicted octanol–water partition coefficient (Wildman–Crippen LogP) is 2.76. The smallest absolute Gasteiger partial charge is 0.339 e. The Kier molecular flexibility index (Phi) is 6.76. The molecule has 0 aliphatic heterocycles. The number of rotatable bonds is 9. The number of amides is 1. The number of aryl methyl sites for hydroxylation is 2. The summed E-state index contributed by atoms with van der Waals surface area (Å²) in [6.45, 7) is 0.912. The van der Waals surface area contributed by atoms with Gasteiger partial charge in [-0.1, -0.05) is 12.1 Å². The van der Waals surface area contributed by atoms with Crippen LogP contribution >= 0.6 is 0 Å². The summed E-state index contributed by atoms with van der Waals surface area (Å²) in [7, 11) is 1.54. The molecule has 1 amide bonds. The first kappa shape index (κ1) is 19.9. The van der Waals surface area contributed by atoms with Gasteiger partial charge in [0.1, 0.15) is 12.4 Å². The first-order valence-electron chi connectivity index (χ1n) is 8.40. The van der Waals surface area contributed by atoms with Crippen LogP contribution in [0.5, 0.6) is 0 Å². The Labute approximate surface area is 149 Å². The fourth-order valence-electron chi connectivity index (χ4n) is 2.43. The van der Waals surface area contributed by atoms with Gasteiger partial charge in [-0.25, -0.2) is 4.98 Å². The summed E-state index contributed by atoms with van der Waals surface area (Å²) in [6.07, 6.45) is 1.13. The number of carbonyl (C=O) groups is 1. The van der Waals surface area contributed by atoms with Gasteiger partial charge in [-0.05, 0) is 12.8 Å². The third kappa shape index (κ3) is 6.16. The zero-order valence-electron chi connectivity index (χ0n) is 14.8. The van der Waals surface area contributed by atoms with E-state index in [0.717, 1.165) is 17.4 Å². The molecule has 7 nitrogen and oxygen atoms in total. The molecule has 0 radical (unpaired) electrons. The molecule has 2 aromatic rings. The maximum Gasteiger partial charge on any atom is 0.406 e. The Morgan fingerprint density at radius 1 is 1.35 bits per heavy atom. The highest BCUT2D eigenvalue weighted by Crippen LogP contribution is 2.18. The number of nitrogens with zero attached hydrogens (tertiary/aromatic N) is 5. The zero-order valence-corrected chi connectivity index (χ0v) is 14.8. The van der Waals surface area contributed by atoms with Crippen LogP contribution in [0.25, 0.3) is 0 Å². The van der Waals surface area contributed by atoms with Gasteiger partial charge in [0.15, 0.2) is 5.82 Å². The molecule has 0 aliphatic rings. The van der Waals surface area contributed by atoms with Crippen molar-refractivity contribution < 1.29 is 22.5 Å². The summed E-state index contributed by atoms with van der Waals surface area (Å²) in [5.74, 6) is 1.16. The lowest BCUT2D eigenvalue weighted by molar-refractivity contribution is -0.141. The highest BCUT2D eigenvalue weighted by Gasteiger charge is 2.29. The SMILES string of the molecule is CCCc1noc(CCCC(=O)N(C)Cc2nccn2CC(F)(F)F)n1. The molecule has 0 bridgehead atoms. The molecule has 144 valence electrons. The molecule has 0 aliphatic carbocycles. The van der Waals surface area contributed by atoms with Gasteiger partial charge in [0.25, 0.3) is 0 Å². The predicted molar refractivity (Wildman–Crippen MR) is 86.0 cm³/mol. The van der Waals surface area contributed by atoms with E-state index in [1.54, 1.807) is 7.05 Å². The Morgan fingerprint density at radius 3 is 2.81 bits per heavy atom. The van der Waals surface area contributed by atoms with Crippen LogP contribution in [0.4, 0.5) is 13.2 Å². The normalized spacial score (nSPS) is 11.7. The van der Waals surface area contributed by atoms with Crippen LogP contribution in [0.1, 0.15) is 43.7 Å². The Hall–Kier alpha value is -2.39. The third-order valence-electron chi connectivity index (χ3n) is 3.72. The van der Waals surface area contributed by atoms with Gasteiger partial charge in [-0.3, -0.25) is 4.79 Å². The molecule has 0 fully saturated rings. The molecule has 0 aromatic carbocycles.